The molecule has 1 aromatic carbocycles. The highest BCUT2D eigenvalue weighted by molar-refractivity contribution is 5.97. The summed E-state index contributed by atoms with van der Waals surface area (Å²) in [5, 5.41) is 3.20. The number of nitrogens with one attached hydrogen (secondary N) is 1. The SMILES string of the molecule is C=CCCNc1cc(C)c(N)c(C(=O)OC)c1. The highest BCUT2D eigenvalue weighted by atomic mass is 16.5. The van der Waals surface area contributed by atoms with E-state index in [0.717, 1.165) is 24.2 Å². The predicted molar refractivity (Wildman–Crippen MR) is 70.2 cm³/mol. The molecule has 0 unspecified atom stereocenters. The number of carbonyl (C=O) groups excluding carboxylic acids is 1. The van der Waals surface area contributed by atoms with Gasteiger partial charge in [0.25, 0.3) is 0 Å². The fraction of sp³-hybridized carbons (Fsp3) is 0.308. The lowest BCUT2D eigenvalue weighted by molar-refractivity contribution is 0.0602. The second-order valence-electron chi connectivity index (χ2n) is 3.75. The van der Waals surface area contributed by atoms with Gasteiger partial charge >= 0.3 is 5.97 Å². The fourth-order valence-electron chi connectivity index (χ4n) is 1.50. The maximum atomic E-state index is 11.5. The van der Waals surface area contributed by atoms with Crippen molar-refractivity contribution in [3.63, 3.8) is 0 Å². The zero-order valence-electron chi connectivity index (χ0n) is 10.2. The molecule has 0 saturated carbocycles. The molecule has 0 aliphatic rings. The van der Waals surface area contributed by atoms with Gasteiger partial charge in [-0.05, 0) is 31.0 Å². The van der Waals surface area contributed by atoms with Crippen molar-refractivity contribution in [3.8, 4) is 0 Å². The Labute approximate surface area is 101 Å². The number of carbonyl (C=O) groups is 1. The molecule has 0 amide bonds. The zero-order chi connectivity index (χ0) is 12.8. The summed E-state index contributed by atoms with van der Waals surface area (Å²) in [6.45, 7) is 6.28. The first-order chi connectivity index (χ1) is 8.10. The van der Waals surface area contributed by atoms with Crippen LogP contribution < -0.4 is 11.1 Å². The number of anilines is 2. The van der Waals surface area contributed by atoms with E-state index in [2.05, 4.69) is 16.6 Å². The lowest BCUT2D eigenvalue weighted by Crippen LogP contribution is -2.09. The molecule has 0 saturated heterocycles. The van der Waals surface area contributed by atoms with Crippen LogP contribution in [0.1, 0.15) is 22.3 Å². The second kappa shape index (κ2) is 5.94. The number of hydrogen-bond donors (Lipinski definition) is 2. The first-order valence-electron chi connectivity index (χ1n) is 5.43. The predicted octanol–water partition coefficient (Wildman–Crippen LogP) is 2.35. The third kappa shape index (κ3) is 3.24. The van der Waals surface area contributed by atoms with Crippen LogP contribution in [0.3, 0.4) is 0 Å². The Hall–Kier alpha value is -1.97. The van der Waals surface area contributed by atoms with Crippen molar-refractivity contribution < 1.29 is 9.53 Å². The Morgan fingerprint density at radius 1 is 1.59 bits per heavy atom. The van der Waals surface area contributed by atoms with Gasteiger partial charge in [0.2, 0.25) is 0 Å². The van der Waals surface area contributed by atoms with Crippen LogP contribution in [0.15, 0.2) is 24.8 Å². The molecule has 4 nitrogen and oxygen atoms in total. The van der Waals surface area contributed by atoms with Crippen molar-refractivity contribution in [3.05, 3.63) is 35.9 Å². The minimum Gasteiger partial charge on any atom is -0.465 e. The normalized spacial score (nSPS) is 9.76. The van der Waals surface area contributed by atoms with Gasteiger partial charge in [0.15, 0.2) is 0 Å². The van der Waals surface area contributed by atoms with E-state index < -0.39 is 5.97 Å². The summed E-state index contributed by atoms with van der Waals surface area (Å²) in [5.74, 6) is -0.419. The summed E-state index contributed by atoms with van der Waals surface area (Å²) in [5.41, 5.74) is 8.41. The second-order valence-corrected chi connectivity index (χ2v) is 3.75. The topological polar surface area (TPSA) is 64.3 Å². The summed E-state index contributed by atoms with van der Waals surface area (Å²) in [6.07, 6.45) is 2.69. The van der Waals surface area contributed by atoms with Crippen LogP contribution in [-0.2, 0) is 4.74 Å². The van der Waals surface area contributed by atoms with Crippen molar-refractivity contribution in [2.75, 3.05) is 24.7 Å². The standard InChI is InChI=1S/C13H18N2O2/c1-4-5-6-15-10-7-9(2)12(14)11(8-10)13(16)17-3/h4,7-8,15H,1,5-6,14H2,2-3H3. The van der Waals surface area contributed by atoms with Crippen molar-refractivity contribution in [2.45, 2.75) is 13.3 Å². The average Bonchev–Trinajstić information content (AvgIpc) is 2.32. The molecular weight excluding hydrogens is 216 g/mol. The average molecular weight is 234 g/mol. The molecule has 92 valence electrons. The lowest BCUT2D eigenvalue weighted by atomic mass is 10.1. The van der Waals surface area contributed by atoms with Crippen LogP contribution in [0, 0.1) is 6.92 Å². The summed E-state index contributed by atoms with van der Waals surface area (Å²) in [7, 11) is 1.34. The molecule has 3 N–H and O–H groups in total. The Morgan fingerprint density at radius 2 is 2.29 bits per heavy atom. The van der Waals surface area contributed by atoms with Crippen LogP contribution in [0.25, 0.3) is 0 Å². The summed E-state index contributed by atoms with van der Waals surface area (Å²) < 4.78 is 4.69. The number of methoxy groups -OCH3 is 1. The summed E-state index contributed by atoms with van der Waals surface area (Å²) >= 11 is 0. The highest BCUT2D eigenvalue weighted by Gasteiger charge is 2.13. The van der Waals surface area contributed by atoms with Gasteiger partial charge in [0.1, 0.15) is 0 Å². The van der Waals surface area contributed by atoms with Gasteiger partial charge in [0, 0.05) is 17.9 Å². The molecule has 0 aromatic heterocycles. The van der Waals surface area contributed by atoms with Crippen molar-refractivity contribution >= 4 is 17.3 Å². The molecule has 0 radical (unpaired) electrons. The molecule has 0 aliphatic carbocycles. The van der Waals surface area contributed by atoms with Gasteiger partial charge in [-0.2, -0.15) is 0 Å². The lowest BCUT2D eigenvalue weighted by Gasteiger charge is -2.11. The molecule has 0 atom stereocenters. The summed E-state index contributed by atoms with van der Waals surface area (Å²) in [6, 6.07) is 3.61. The number of aryl methyl sites for hydroxylation is 1. The van der Waals surface area contributed by atoms with Gasteiger partial charge in [-0.15, -0.1) is 6.58 Å². The number of esters is 1. The largest absolute Gasteiger partial charge is 0.465 e. The number of ether oxygens (including phenoxy) is 1. The zero-order valence-corrected chi connectivity index (χ0v) is 10.2. The van der Waals surface area contributed by atoms with Crippen molar-refractivity contribution in [1.29, 1.82) is 0 Å². The first kappa shape index (κ1) is 13.1. The molecule has 0 fully saturated rings. The van der Waals surface area contributed by atoms with Crippen molar-refractivity contribution in [2.24, 2.45) is 0 Å². The van der Waals surface area contributed by atoms with E-state index in [1.54, 1.807) is 6.07 Å². The molecule has 1 rings (SSSR count). The Morgan fingerprint density at radius 3 is 2.88 bits per heavy atom. The van der Waals surface area contributed by atoms with Crippen LogP contribution in [0.4, 0.5) is 11.4 Å². The quantitative estimate of drug-likeness (QED) is 0.355. The number of nitrogen functional groups attached to an aromatic ring is 1. The molecular formula is C13H18N2O2. The van der Waals surface area contributed by atoms with E-state index in [1.807, 2.05) is 19.1 Å². The molecule has 0 bridgehead atoms. The Balaban J connectivity index is 2.97. The number of nitrogens with two attached hydrogens (primary N) is 1. The van der Waals surface area contributed by atoms with Gasteiger partial charge in [-0.3, -0.25) is 0 Å². The highest BCUT2D eigenvalue weighted by Crippen LogP contribution is 2.23. The molecule has 17 heavy (non-hydrogen) atoms. The van der Waals surface area contributed by atoms with E-state index >= 15 is 0 Å². The minimum atomic E-state index is -0.419. The Bertz CT molecular complexity index is 428. The van der Waals surface area contributed by atoms with Crippen LogP contribution in [0.2, 0.25) is 0 Å². The molecule has 0 heterocycles. The third-order valence-corrected chi connectivity index (χ3v) is 2.47. The van der Waals surface area contributed by atoms with Gasteiger partial charge < -0.3 is 15.8 Å². The van der Waals surface area contributed by atoms with E-state index in [-0.39, 0.29) is 0 Å². The van der Waals surface area contributed by atoms with E-state index in [0.29, 0.717) is 11.3 Å². The van der Waals surface area contributed by atoms with Crippen LogP contribution in [0.5, 0.6) is 0 Å². The van der Waals surface area contributed by atoms with Gasteiger partial charge in [0.05, 0.1) is 12.7 Å². The van der Waals surface area contributed by atoms with E-state index in [1.165, 1.54) is 7.11 Å². The molecule has 4 heteroatoms. The number of hydrogen-bond acceptors (Lipinski definition) is 4. The Kier molecular flexibility index (Phi) is 4.57. The fourth-order valence-corrected chi connectivity index (χ4v) is 1.50. The molecule has 0 spiro atoms. The van der Waals surface area contributed by atoms with Crippen molar-refractivity contribution in [1.82, 2.24) is 0 Å². The minimum absolute atomic E-state index is 0.397. The summed E-state index contributed by atoms with van der Waals surface area (Å²) in [4.78, 5) is 11.5. The van der Waals surface area contributed by atoms with Crippen LogP contribution in [-0.4, -0.2) is 19.6 Å². The first-order valence-corrected chi connectivity index (χ1v) is 5.43. The van der Waals surface area contributed by atoms with Crippen LogP contribution >= 0.6 is 0 Å². The monoisotopic (exact) mass is 234 g/mol. The van der Waals surface area contributed by atoms with E-state index in [4.69, 9.17) is 5.73 Å². The maximum absolute atomic E-state index is 11.5. The maximum Gasteiger partial charge on any atom is 0.340 e. The number of benzene rings is 1. The number of rotatable bonds is 5. The van der Waals surface area contributed by atoms with Gasteiger partial charge in [-0.1, -0.05) is 6.08 Å². The molecule has 1 aromatic rings. The smallest absolute Gasteiger partial charge is 0.340 e. The molecule has 0 aliphatic heterocycles. The van der Waals surface area contributed by atoms with Gasteiger partial charge in [-0.25, -0.2) is 4.79 Å². The van der Waals surface area contributed by atoms with E-state index in [9.17, 15) is 4.79 Å². The third-order valence-electron chi connectivity index (χ3n) is 2.47.